The van der Waals surface area contributed by atoms with Crippen LogP contribution < -0.4 is 21.3 Å². The predicted molar refractivity (Wildman–Crippen MR) is 120 cm³/mol. The van der Waals surface area contributed by atoms with Crippen LogP contribution in [-0.4, -0.2) is 37.7 Å². The van der Waals surface area contributed by atoms with E-state index in [9.17, 15) is 14.4 Å². The Morgan fingerprint density at radius 2 is 2.03 bits per heavy atom. The van der Waals surface area contributed by atoms with Crippen molar-refractivity contribution in [2.45, 2.75) is 26.4 Å². The van der Waals surface area contributed by atoms with Crippen molar-refractivity contribution in [1.82, 2.24) is 24.4 Å². The van der Waals surface area contributed by atoms with Gasteiger partial charge < -0.3 is 15.0 Å². The van der Waals surface area contributed by atoms with Crippen LogP contribution in [0.1, 0.15) is 30.0 Å². The van der Waals surface area contributed by atoms with Crippen molar-refractivity contribution in [3.8, 4) is 5.75 Å². The molecular weight excluding hydrogens is 418 g/mol. The van der Waals surface area contributed by atoms with Crippen LogP contribution >= 0.6 is 11.3 Å². The molecule has 0 atom stereocenters. The molecule has 4 aromatic rings. The maximum Gasteiger partial charge on any atom is 0.332 e. The number of thiophene rings is 1. The number of imidazole rings is 1. The lowest BCUT2D eigenvalue weighted by atomic mass is 10.1. The van der Waals surface area contributed by atoms with E-state index in [2.05, 4.69) is 15.3 Å². The first-order valence-corrected chi connectivity index (χ1v) is 10.7. The van der Waals surface area contributed by atoms with Crippen LogP contribution in [-0.2, 0) is 20.5 Å². The summed E-state index contributed by atoms with van der Waals surface area (Å²) in [6.07, 6.45) is 0.382. The Bertz CT molecular complexity index is 1410. The molecule has 162 valence electrons. The van der Waals surface area contributed by atoms with Gasteiger partial charge in [-0.05, 0) is 37.4 Å². The summed E-state index contributed by atoms with van der Waals surface area (Å²) >= 11 is 1.55. The Morgan fingerprint density at radius 3 is 2.77 bits per heavy atom. The zero-order valence-electron chi connectivity index (χ0n) is 17.7. The van der Waals surface area contributed by atoms with E-state index in [-0.39, 0.29) is 17.5 Å². The molecule has 0 saturated carbocycles. The second kappa shape index (κ2) is 8.03. The fourth-order valence-corrected chi connectivity index (χ4v) is 4.25. The second-order valence-electron chi connectivity index (χ2n) is 7.57. The highest BCUT2D eigenvalue weighted by Crippen LogP contribution is 2.32. The van der Waals surface area contributed by atoms with Crippen LogP contribution in [0.4, 0.5) is 0 Å². The van der Waals surface area contributed by atoms with E-state index in [1.54, 1.807) is 24.5 Å². The number of aromatic amines is 1. The molecule has 10 heteroatoms. The maximum atomic E-state index is 12.7. The molecule has 3 heterocycles. The first-order valence-electron chi connectivity index (χ1n) is 9.87. The number of hydrogen-bond acceptors (Lipinski definition) is 6. The number of aromatic nitrogens is 4. The molecule has 0 saturated heterocycles. The van der Waals surface area contributed by atoms with E-state index in [1.165, 1.54) is 11.6 Å². The van der Waals surface area contributed by atoms with Crippen molar-refractivity contribution in [1.29, 1.82) is 0 Å². The summed E-state index contributed by atoms with van der Waals surface area (Å²) in [5.41, 5.74) is 0.221. The normalized spacial score (nSPS) is 11.5. The van der Waals surface area contributed by atoms with E-state index in [0.29, 0.717) is 35.8 Å². The summed E-state index contributed by atoms with van der Waals surface area (Å²) in [5.74, 6) is 0.988. The third-order valence-electron chi connectivity index (χ3n) is 4.95. The van der Waals surface area contributed by atoms with E-state index in [4.69, 9.17) is 4.74 Å². The van der Waals surface area contributed by atoms with Crippen LogP contribution in [0, 0.1) is 0 Å². The topological polar surface area (TPSA) is 111 Å². The quantitative estimate of drug-likeness (QED) is 0.475. The average molecular weight is 442 g/mol. The van der Waals surface area contributed by atoms with Gasteiger partial charge in [0.1, 0.15) is 17.1 Å². The van der Waals surface area contributed by atoms with Gasteiger partial charge in [0.05, 0.1) is 6.10 Å². The number of aryl methyl sites for hydroxylation is 1. The number of amides is 1. The molecule has 31 heavy (non-hydrogen) atoms. The highest BCUT2D eigenvalue weighted by molar-refractivity contribution is 7.17. The minimum Gasteiger partial charge on any atom is -0.490 e. The van der Waals surface area contributed by atoms with Crippen LogP contribution in [0.3, 0.4) is 0 Å². The molecule has 9 nitrogen and oxygen atoms in total. The number of carbonyl (C=O) groups is 1. The van der Waals surface area contributed by atoms with Crippen molar-refractivity contribution < 1.29 is 9.53 Å². The van der Waals surface area contributed by atoms with Crippen molar-refractivity contribution in [3.63, 3.8) is 0 Å². The molecule has 0 spiro atoms. The largest absolute Gasteiger partial charge is 0.490 e. The van der Waals surface area contributed by atoms with Gasteiger partial charge in [0.15, 0.2) is 5.65 Å². The molecule has 0 unspecified atom stereocenters. The van der Waals surface area contributed by atoms with Gasteiger partial charge in [-0.25, -0.2) is 9.78 Å². The van der Waals surface area contributed by atoms with Crippen LogP contribution in [0.2, 0.25) is 0 Å². The molecule has 0 radical (unpaired) electrons. The number of ether oxygens (including phenoxy) is 1. The third-order valence-corrected chi connectivity index (χ3v) is 5.81. The van der Waals surface area contributed by atoms with Crippen molar-refractivity contribution >= 4 is 38.5 Å². The smallest absolute Gasteiger partial charge is 0.332 e. The van der Waals surface area contributed by atoms with Gasteiger partial charge >= 0.3 is 5.69 Å². The molecule has 1 amide bonds. The number of fused-ring (bicyclic) bond motifs is 2. The standard InChI is InChI=1S/C21H23N5O4S/c1-11(2)30-14-9-12(10-15-13(14)6-8-31-15)19(27)22-7-5-16-23-17-18(24-16)25(3)21(29)26(4)20(17)28/h6,8-11H,5,7H2,1-4H3,(H,22,27)(H,23,24). The summed E-state index contributed by atoms with van der Waals surface area (Å²) in [7, 11) is 2.99. The SMILES string of the molecule is CC(C)Oc1cc(C(=O)NCCc2nc3c([nH]2)c(=O)n(C)c(=O)n3C)cc2sccc12. The molecular formula is C21H23N5O4S. The number of nitrogens with zero attached hydrogens (tertiary/aromatic N) is 3. The van der Waals surface area contributed by atoms with Crippen molar-refractivity contribution in [2.24, 2.45) is 14.1 Å². The number of carbonyl (C=O) groups excluding carboxylic acids is 1. The minimum absolute atomic E-state index is 0.00170. The van der Waals surface area contributed by atoms with Gasteiger partial charge in [0.25, 0.3) is 11.5 Å². The number of H-pyrrole nitrogens is 1. The second-order valence-corrected chi connectivity index (χ2v) is 8.51. The Labute approximate surface area is 181 Å². The summed E-state index contributed by atoms with van der Waals surface area (Å²) in [5, 5.41) is 5.84. The Balaban J connectivity index is 1.51. The lowest BCUT2D eigenvalue weighted by Gasteiger charge is -2.13. The highest BCUT2D eigenvalue weighted by atomic mass is 32.1. The van der Waals surface area contributed by atoms with Gasteiger partial charge in [-0.2, -0.15) is 0 Å². The fourth-order valence-electron chi connectivity index (χ4n) is 3.41. The first-order chi connectivity index (χ1) is 14.8. The maximum absolute atomic E-state index is 12.7. The number of hydrogen-bond donors (Lipinski definition) is 2. The molecule has 0 fully saturated rings. The van der Waals surface area contributed by atoms with E-state index < -0.39 is 11.2 Å². The summed E-state index contributed by atoms with van der Waals surface area (Å²) in [4.78, 5) is 44.3. The van der Waals surface area contributed by atoms with Gasteiger partial charge in [-0.1, -0.05) is 0 Å². The number of nitrogens with one attached hydrogen (secondary N) is 2. The molecule has 0 bridgehead atoms. The summed E-state index contributed by atoms with van der Waals surface area (Å²) < 4.78 is 9.21. The summed E-state index contributed by atoms with van der Waals surface area (Å²) in [6.45, 7) is 4.21. The van der Waals surface area contributed by atoms with Crippen LogP contribution in [0.5, 0.6) is 5.75 Å². The van der Waals surface area contributed by atoms with Gasteiger partial charge in [-0.15, -0.1) is 11.3 Å². The molecule has 2 N–H and O–H groups in total. The number of benzene rings is 1. The van der Waals surface area contributed by atoms with Gasteiger partial charge in [-0.3, -0.25) is 18.7 Å². The number of rotatable bonds is 6. The molecule has 0 aliphatic heterocycles. The van der Waals surface area contributed by atoms with Crippen molar-refractivity contribution in [3.05, 3.63) is 55.8 Å². The molecule has 3 aromatic heterocycles. The zero-order chi connectivity index (χ0) is 22.3. The fraction of sp³-hybridized carbons (Fsp3) is 0.333. The minimum atomic E-state index is -0.438. The molecule has 0 aliphatic rings. The van der Waals surface area contributed by atoms with Gasteiger partial charge in [0, 0.05) is 42.7 Å². The average Bonchev–Trinajstić information content (AvgIpc) is 3.37. The van der Waals surface area contributed by atoms with Crippen molar-refractivity contribution in [2.75, 3.05) is 6.54 Å². The monoisotopic (exact) mass is 441 g/mol. The summed E-state index contributed by atoms with van der Waals surface area (Å²) in [6, 6.07) is 5.59. The van der Waals surface area contributed by atoms with Crippen LogP contribution in [0.25, 0.3) is 21.3 Å². The Kier molecular flexibility index (Phi) is 5.40. The Morgan fingerprint density at radius 1 is 1.26 bits per heavy atom. The van der Waals surface area contributed by atoms with Crippen LogP contribution in [0.15, 0.2) is 33.2 Å². The molecule has 4 rings (SSSR count). The first kappa shape index (κ1) is 20.9. The lowest BCUT2D eigenvalue weighted by molar-refractivity contribution is 0.0953. The molecule has 0 aliphatic carbocycles. The Hall–Kier alpha value is -3.40. The van der Waals surface area contributed by atoms with E-state index >= 15 is 0 Å². The highest BCUT2D eigenvalue weighted by Gasteiger charge is 2.15. The zero-order valence-corrected chi connectivity index (χ0v) is 18.5. The molecule has 1 aromatic carbocycles. The third kappa shape index (κ3) is 3.86. The van der Waals surface area contributed by atoms with E-state index in [0.717, 1.165) is 14.7 Å². The lowest BCUT2D eigenvalue weighted by Crippen LogP contribution is -2.36. The van der Waals surface area contributed by atoms with E-state index in [1.807, 2.05) is 31.4 Å². The van der Waals surface area contributed by atoms with Gasteiger partial charge in [0.2, 0.25) is 0 Å². The predicted octanol–water partition coefficient (Wildman–Crippen LogP) is 1.93.